The van der Waals surface area contributed by atoms with Gasteiger partial charge in [0.25, 0.3) is 0 Å². The number of hydrogen-bond donors (Lipinski definition) is 1. The first kappa shape index (κ1) is 11.0. The van der Waals surface area contributed by atoms with Crippen molar-refractivity contribution in [2.45, 2.75) is 19.5 Å². The normalized spacial score (nSPS) is 14.9. The van der Waals surface area contributed by atoms with Crippen molar-refractivity contribution in [1.29, 1.82) is 5.26 Å². The number of nitrogen functional groups attached to an aromatic ring is 1. The average molecular weight is 261 g/mol. The Morgan fingerprint density at radius 2 is 2.28 bits per heavy atom. The molecule has 3 heterocycles. The Bertz CT molecular complexity index is 608. The van der Waals surface area contributed by atoms with Gasteiger partial charge in [-0.15, -0.1) is 10.2 Å². The van der Waals surface area contributed by atoms with Crippen LogP contribution in [0.1, 0.15) is 17.8 Å². The number of hydrogen-bond acceptors (Lipinski definition) is 7. The Hall–Kier alpha value is -2.14. The number of nitrogens with two attached hydrogens (primary N) is 1. The Labute approximate surface area is 107 Å². The second-order valence-electron chi connectivity index (χ2n) is 4.05. The lowest BCUT2D eigenvalue weighted by Crippen LogP contribution is -2.22. The molecule has 3 rings (SSSR count). The predicted octanol–water partition coefficient (Wildman–Crippen LogP) is 0.599. The van der Waals surface area contributed by atoms with Crippen molar-refractivity contribution in [3.8, 4) is 6.07 Å². The maximum Gasteiger partial charge on any atom is 0.210 e. The first-order valence-corrected chi connectivity index (χ1v) is 6.38. The van der Waals surface area contributed by atoms with E-state index in [1.54, 1.807) is 0 Å². The molecule has 8 heteroatoms. The van der Waals surface area contributed by atoms with E-state index in [2.05, 4.69) is 26.3 Å². The largest absolute Gasteiger partial charge is 0.374 e. The minimum atomic E-state index is 0.462. The van der Waals surface area contributed by atoms with Gasteiger partial charge in [0.05, 0.1) is 12.2 Å². The minimum Gasteiger partial charge on any atom is -0.374 e. The van der Waals surface area contributed by atoms with Crippen molar-refractivity contribution in [3.05, 3.63) is 17.5 Å². The molecule has 0 bridgehead atoms. The molecule has 0 fully saturated rings. The first-order chi connectivity index (χ1) is 8.76. The molecule has 2 aromatic heterocycles. The number of nitrogens with zero attached hydrogens (tertiary/aromatic N) is 6. The number of aryl methyl sites for hydroxylation is 1. The van der Waals surface area contributed by atoms with Crippen LogP contribution in [0.15, 0.2) is 6.07 Å². The molecule has 1 aliphatic heterocycles. The van der Waals surface area contributed by atoms with Crippen molar-refractivity contribution in [2.75, 3.05) is 17.2 Å². The molecule has 92 valence electrons. The van der Waals surface area contributed by atoms with Crippen LogP contribution in [-0.2, 0) is 13.1 Å². The summed E-state index contributed by atoms with van der Waals surface area (Å²) in [6.45, 7) is 2.39. The van der Waals surface area contributed by atoms with Crippen LogP contribution in [0.5, 0.6) is 0 Å². The van der Waals surface area contributed by atoms with Crippen LogP contribution in [0.25, 0.3) is 0 Å². The van der Waals surface area contributed by atoms with E-state index < -0.39 is 0 Å². The second-order valence-corrected chi connectivity index (χ2v) is 5.04. The zero-order valence-electron chi connectivity index (χ0n) is 9.57. The zero-order chi connectivity index (χ0) is 12.5. The maximum atomic E-state index is 8.87. The number of rotatable bonds is 1. The van der Waals surface area contributed by atoms with Gasteiger partial charge < -0.3 is 10.6 Å². The van der Waals surface area contributed by atoms with Gasteiger partial charge in [0.15, 0.2) is 5.69 Å². The zero-order valence-corrected chi connectivity index (χ0v) is 10.4. The lowest BCUT2D eigenvalue weighted by Gasteiger charge is -2.17. The van der Waals surface area contributed by atoms with Crippen LogP contribution in [0.2, 0.25) is 0 Å². The van der Waals surface area contributed by atoms with Crippen LogP contribution in [-0.4, -0.2) is 26.5 Å². The summed E-state index contributed by atoms with van der Waals surface area (Å²) in [6, 6.07) is 3.89. The Kier molecular flexibility index (Phi) is 2.60. The highest BCUT2D eigenvalue weighted by molar-refractivity contribution is 7.18. The van der Waals surface area contributed by atoms with Gasteiger partial charge in [-0.05, 0) is 12.5 Å². The minimum absolute atomic E-state index is 0.462. The van der Waals surface area contributed by atoms with Crippen LogP contribution >= 0.6 is 11.3 Å². The third kappa shape index (κ3) is 1.89. The molecule has 0 radical (unpaired) electrons. The molecule has 1 aliphatic rings. The molecule has 2 aromatic rings. The fourth-order valence-electron chi connectivity index (χ4n) is 2.03. The smallest absolute Gasteiger partial charge is 0.210 e. The summed E-state index contributed by atoms with van der Waals surface area (Å²) < 4.78 is 1.89. The van der Waals surface area contributed by atoms with Crippen LogP contribution in [0.4, 0.5) is 10.3 Å². The van der Waals surface area contributed by atoms with Gasteiger partial charge in [-0.1, -0.05) is 11.3 Å². The molecule has 0 unspecified atom stereocenters. The van der Waals surface area contributed by atoms with E-state index in [9.17, 15) is 0 Å². The van der Waals surface area contributed by atoms with Crippen molar-refractivity contribution in [2.24, 2.45) is 0 Å². The average Bonchev–Trinajstić information content (AvgIpc) is 2.91. The summed E-state index contributed by atoms with van der Waals surface area (Å²) in [6.07, 6.45) is 0.957. The van der Waals surface area contributed by atoms with E-state index in [0.29, 0.717) is 17.4 Å². The molecule has 7 nitrogen and oxygen atoms in total. The highest BCUT2D eigenvalue weighted by atomic mass is 32.1. The monoisotopic (exact) mass is 261 g/mol. The van der Waals surface area contributed by atoms with E-state index >= 15 is 0 Å². The topological polar surface area (TPSA) is 96.6 Å². The Morgan fingerprint density at radius 1 is 1.39 bits per heavy atom. The molecule has 0 saturated carbocycles. The number of aromatic nitrogens is 4. The fraction of sp³-hybridized carbons (Fsp3) is 0.400. The molecule has 18 heavy (non-hydrogen) atoms. The third-order valence-corrected chi connectivity index (χ3v) is 3.64. The van der Waals surface area contributed by atoms with Gasteiger partial charge >= 0.3 is 0 Å². The molecule has 0 saturated heterocycles. The summed E-state index contributed by atoms with van der Waals surface area (Å²) in [7, 11) is 0. The number of anilines is 2. The van der Waals surface area contributed by atoms with E-state index in [1.165, 1.54) is 11.3 Å². The lowest BCUT2D eigenvalue weighted by molar-refractivity contribution is 0.590. The predicted molar refractivity (Wildman–Crippen MR) is 66.9 cm³/mol. The van der Waals surface area contributed by atoms with E-state index in [0.717, 1.165) is 30.3 Å². The first-order valence-electron chi connectivity index (χ1n) is 5.57. The van der Waals surface area contributed by atoms with Gasteiger partial charge in [0.2, 0.25) is 10.3 Å². The highest BCUT2D eigenvalue weighted by Crippen LogP contribution is 2.25. The quantitative estimate of drug-likeness (QED) is 0.807. The van der Waals surface area contributed by atoms with Crippen LogP contribution in [0, 0.1) is 11.3 Å². The fourth-order valence-corrected chi connectivity index (χ4v) is 2.67. The van der Waals surface area contributed by atoms with Gasteiger partial charge in [-0.2, -0.15) is 10.4 Å². The summed E-state index contributed by atoms with van der Waals surface area (Å²) in [4.78, 5) is 2.12. The van der Waals surface area contributed by atoms with E-state index in [1.807, 2.05) is 10.7 Å². The molecular formula is C10H11N7S. The van der Waals surface area contributed by atoms with Crippen LogP contribution < -0.4 is 10.6 Å². The van der Waals surface area contributed by atoms with E-state index in [-0.39, 0.29) is 0 Å². The third-order valence-electron chi connectivity index (χ3n) is 2.83. The molecule has 0 atom stereocenters. The SMILES string of the molecule is N#Cc1cc2n(n1)CCCN(c1nnc(N)s1)C2. The summed E-state index contributed by atoms with van der Waals surface area (Å²) >= 11 is 1.38. The summed E-state index contributed by atoms with van der Waals surface area (Å²) in [5.74, 6) is 0. The second kappa shape index (κ2) is 4.27. The molecule has 0 aromatic carbocycles. The van der Waals surface area contributed by atoms with Crippen LogP contribution in [0.3, 0.4) is 0 Å². The highest BCUT2D eigenvalue weighted by Gasteiger charge is 2.19. The Balaban J connectivity index is 1.90. The number of fused-ring (bicyclic) bond motifs is 1. The van der Waals surface area contributed by atoms with Crippen molar-refractivity contribution in [3.63, 3.8) is 0 Å². The van der Waals surface area contributed by atoms with Crippen molar-refractivity contribution in [1.82, 2.24) is 20.0 Å². The molecule has 0 spiro atoms. The van der Waals surface area contributed by atoms with Gasteiger partial charge in [0.1, 0.15) is 6.07 Å². The molecule has 0 amide bonds. The number of nitriles is 1. The lowest BCUT2D eigenvalue weighted by atomic mass is 10.3. The maximum absolute atomic E-state index is 8.87. The summed E-state index contributed by atoms with van der Waals surface area (Å²) in [5.41, 5.74) is 7.09. The van der Waals surface area contributed by atoms with Gasteiger partial charge in [-0.3, -0.25) is 4.68 Å². The molecular weight excluding hydrogens is 250 g/mol. The van der Waals surface area contributed by atoms with Gasteiger partial charge in [-0.25, -0.2) is 0 Å². The Morgan fingerprint density at radius 3 is 3.00 bits per heavy atom. The molecule has 0 aliphatic carbocycles. The van der Waals surface area contributed by atoms with Crippen molar-refractivity contribution < 1.29 is 0 Å². The van der Waals surface area contributed by atoms with E-state index in [4.69, 9.17) is 11.0 Å². The summed E-state index contributed by atoms with van der Waals surface area (Å²) in [5, 5.41) is 22.3. The molecule has 2 N–H and O–H groups in total. The van der Waals surface area contributed by atoms with Gasteiger partial charge in [0, 0.05) is 13.1 Å². The standard InChI is InChI=1S/C10H11N7S/c11-5-7-4-8-6-16(2-1-3-17(8)15-7)10-14-13-9(12)18-10/h4H,1-3,6H2,(H2,12,13). The van der Waals surface area contributed by atoms with Crippen molar-refractivity contribution >= 4 is 21.6 Å².